The van der Waals surface area contributed by atoms with Gasteiger partial charge in [0.05, 0.1) is 6.61 Å². The molecule has 45 heteroatoms. The van der Waals surface area contributed by atoms with Crippen molar-refractivity contribution in [2.75, 3.05) is 18.9 Å². The van der Waals surface area contributed by atoms with E-state index in [-0.39, 0.29) is 0 Å². The summed E-state index contributed by atoms with van der Waals surface area (Å²) in [5.74, 6) is -65.8. The number of nitrogens with two attached hydrogens (primary N) is 1. The van der Waals surface area contributed by atoms with Crippen LogP contribution < -0.4 is 5.73 Å². The standard InChI is InChI=1S/C66H54F18N16O11/c1-16(2)25-22(36(67)48(79)54(85)42(25)73)13-106-60(23(109-64(103)33-28(19(7)8)45(76)57(93-98-88)51(82)39(33)70)14-107-62(101)31-26(17(3)4)43(74)55(91-96-86)49(80)37(31)68)61(111-66(105)35-30(21(11)12)47(78)59(95-100-90)53(84)41(35)72)24(110-65(104)34-29(20(9)10)46(77)58(94-99-89)52(83)40(34)71)15-108-63(102)32-27(18(5)6)44(75)56(92-97-87)50(81)38(32)69/h16-21,23-24,60-61H,13-15,85H2,1-12H3. The highest BCUT2D eigenvalue weighted by atomic mass is 19.2. The van der Waals surface area contributed by atoms with E-state index >= 15 is 93.4 Å². The van der Waals surface area contributed by atoms with E-state index in [1.165, 1.54) is 0 Å². The monoisotopic (exact) mass is 1590 g/mol. The molecule has 0 spiro atoms. The molecule has 6 aromatic carbocycles. The van der Waals surface area contributed by atoms with Crippen molar-refractivity contribution in [3.8, 4) is 0 Å². The molecule has 0 saturated heterocycles. The van der Waals surface area contributed by atoms with Gasteiger partial charge in [-0.2, -0.15) is 0 Å². The summed E-state index contributed by atoms with van der Waals surface area (Å²) in [4.78, 5) is 86.2. The smallest absolute Gasteiger partial charge is 0.342 e. The van der Waals surface area contributed by atoms with Gasteiger partial charge in [-0.05, 0) is 63.2 Å². The first kappa shape index (κ1) is 87.6. The Morgan fingerprint density at radius 1 is 0.306 bits per heavy atom. The summed E-state index contributed by atoms with van der Waals surface area (Å²) in [5.41, 5.74) is 21.2. The molecule has 0 aromatic heterocycles. The number of hydrogen-bond donors (Lipinski definition) is 1. The van der Waals surface area contributed by atoms with Gasteiger partial charge in [-0.15, -0.1) is 0 Å². The predicted octanol–water partition coefficient (Wildman–Crippen LogP) is 21.5. The van der Waals surface area contributed by atoms with E-state index in [1.54, 1.807) is 0 Å². The van der Waals surface area contributed by atoms with Crippen molar-refractivity contribution in [3.63, 3.8) is 0 Å². The predicted molar refractivity (Wildman–Crippen MR) is 348 cm³/mol. The van der Waals surface area contributed by atoms with E-state index in [2.05, 4.69) is 50.1 Å². The molecule has 0 radical (unpaired) electrons. The van der Waals surface area contributed by atoms with E-state index < -0.39 is 315 Å². The molecule has 6 rings (SSSR count). The van der Waals surface area contributed by atoms with Gasteiger partial charge in [0.25, 0.3) is 0 Å². The minimum atomic E-state index is -3.86. The number of hydrogen-bond acceptors (Lipinski definition) is 17. The first-order chi connectivity index (χ1) is 51.9. The average Bonchev–Trinajstić information content (AvgIpc) is 0.764. The summed E-state index contributed by atoms with van der Waals surface area (Å²) in [6.45, 7) is 4.33. The lowest BCUT2D eigenvalue weighted by Crippen LogP contribution is -2.54. The molecular formula is C66H54F18N16O11. The van der Waals surface area contributed by atoms with Gasteiger partial charge in [-0.25, -0.2) is 103 Å². The van der Waals surface area contributed by atoms with Crippen molar-refractivity contribution < 1.29 is 131 Å². The van der Waals surface area contributed by atoms with Gasteiger partial charge in [0.15, 0.2) is 93.9 Å². The highest BCUT2D eigenvalue weighted by Gasteiger charge is 2.49. The fraction of sp³-hybridized carbons (Fsp3) is 0.379. The topological polar surface area (TPSA) is 411 Å². The fourth-order valence-electron chi connectivity index (χ4n) is 11.6. The van der Waals surface area contributed by atoms with E-state index in [0.29, 0.717) is 0 Å². The lowest BCUT2D eigenvalue weighted by molar-refractivity contribution is -0.160. The van der Waals surface area contributed by atoms with Crippen molar-refractivity contribution >= 4 is 64.0 Å². The van der Waals surface area contributed by atoms with E-state index in [1.807, 2.05) is 0 Å². The molecule has 0 amide bonds. The number of benzene rings is 6. The molecule has 0 bridgehead atoms. The lowest BCUT2D eigenvalue weighted by atomic mass is 9.93. The van der Waals surface area contributed by atoms with Crippen LogP contribution in [0.3, 0.4) is 0 Å². The van der Waals surface area contributed by atoms with Crippen LogP contribution in [0.15, 0.2) is 25.6 Å². The van der Waals surface area contributed by atoms with Crippen LogP contribution in [0.5, 0.6) is 0 Å². The second kappa shape index (κ2) is 35.8. The van der Waals surface area contributed by atoms with Crippen LogP contribution in [0.1, 0.15) is 209 Å². The number of esters is 5. The Hall–Kier alpha value is -12.3. The number of ether oxygens (including phenoxy) is 6. The molecule has 111 heavy (non-hydrogen) atoms. The molecule has 0 aliphatic rings. The molecule has 590 valence electrons. The molecule has 4 unspecified atom stereocenters. The first-order valence-corrected chi connectivity index (χ1v) is 31.7. The Labute approximate surface area is 611 Å². The number of anilines is 1. The molecule has 27 nitrogen and oxygen atoms in total. The highest BCUT2D eigenvalue weighted by Crippen LogP contribution is 2.44. The fourth-order valence-corrected chi connectivity index (χ4v) is 11.6. The number of nitrogens with zero attached hydrogens (tertiary/aromatic N) is 15. The maximum Gasteiger partial charge on any atom is 0.342 e. The van der Waals surface area contributed by atoms with Crippen molar-refractivity contribution in [1.82, 2.24) is 0 Å². The summed E-state index contributed by atoms with van der Waals surface area (Å²) in [7, 11) is 0. The maximum atomic E-state index is 17.1. The number of azide groups is 5. The van der Waals surface area contributed by atoms with Crippen LogP contribution in [0.25, 0.3) is 52.2 Å². The van der Waals surface area contributed by atoms with Gasteiger partial charge in [0, 0.05) is 63.5 Å². The summed E-state index contributed by atoms with van der Waals surface area (Å²) >= 11 is 0. The summed E-state index contributed by atoms with van der Waals surface area (Å²) in [6, 6.07) is 0. The number of nitrogen functional groups attached to an aromatic ring is 1. The Balaban J connectivity index is 1.95. The lowest BCUT2D eigenvalue weighted by Gasteiger charge is -2.37. The Morgan fingerprint density at radius 3 is 0.784 bits per heavy atom. The molecule has 4 atom stereocenters. The normalized spacial score (nSPS) is 12.4. The minimum absolute atomic E-state index is 0.877. The van der Waals surface area contributed by atoms with Crippen LogP contribution >= 0.6 is 0 Å². The zero-order valence-electron chi connectivity index (χ0n) is 59.0. The van der Waals surface area contributed by atoms with Gasteiger partial charge >= 0.3 is 29.8 Å². The third-order valence-electron chi connectivity index (χ3n) is 16.4. The number of rotatable bonds is 29. The number of halogens is 18. The van der Waals surface area contributed by atoms with Crippen LogP contribution in [-0.2, 0) is 35.0 Å². The second-order valence-electron chi connectivity index (χ2n) is 25.2. The van der Waals surface area contributed by atoms with Crippen molar-refractivity contribution in [1.29, 1.82) is 0 Å². The van der Waals surface area contributed by atoms with Crippen molar-refractivity contribution in [2.45, 2.75) is 150 Å². The summed E-state index contributed by atoms with van der Waals surface area (Å²) in [5, 5.41) is 13.6. The molecule has 0 heterocycles. The SMILES string of the molecule is CC(C)c1c(F)c(N)c(F)c(F)c1COC(C(COC(=O)c1c(F)c(F)c(N=[N+]=[N-])c(F)c1C(C)C)OC(=O)c1c(F)c(F)c(N=[N+]=[N-])c(F)c1C(C)C)C(OC(=O)c1c(F)c(F)c(N=[N+]=[N-])c(F)c1C(C)C)C(COC(=O)c1c(F)c(F)c(N=[N+]=[N-])c(F)c1C(C)C)OC(=O)c1c(F)c(F)c(N=[N+]=[N-])c(F)c1C(C)C. The van der Waals surface area contributed by atoms with Crippen LogP contribution in [-0.4, -0.2) is 67.5 Å². The zero-order valence-corrected chi connectivity index (χ0v) is 59.0. The van der Waals surface area contributed by atoms with Crippen LogP contribution in [0, 0.1) is 105 Å². The van der Waals surface area contributed by atoms with Crippen molar-refractivity contribution in [3.05, 3.63) is 224 Å². The van der Waals surface area contributed by atoms with Gasteiger partial charge in [0.2, 0.25) is 0 Å². The Kier molecular flexibility index (Phi) is 28.3. The number of carbonyl (C=O) groups is 5. The quantitative estimate of drug-likeness (QED) is 0.00669. The molecular weight excluding hydrogens is 1530 g/mol. The van der Waals surface area contributed by atoms with E-state index in [0.717, 1.165) is 83.1 Å². The minimum Gasteiger partial charge on any atom is -0.458 e. The summed E-state index contributed by atoms with van der Waals surface area (Å²) in [6.07, 6.45) is -14.9. The summed E-state index contributed by atoms with van der Waals surface area (Å²) < 4.78 is 330. The third-order valence-corrected chi connectivity index (χ3v) is 16.4. The second-order valence-corrected chi connectivity index (χ2v) is 25.2. The van der Waals surface area contributed by atoms with Crippen LogP contribution in [0.2, 0.25) is 0 Å². The Bertz CT molecular complexity index is 5120. The largest absolute Gasteiger partial charge is 0.458 e. The molecule has 2 N–H and O–H groups in total. The van der Waals surface area contributed by atoms with Gasteiger partial charge < -0.3 is 34.2 Å². The van der Waals surface area contributed by atoms with Gasteiger partial charge in [-0.3, -0.25) is 0 Å². The molecule has 6 aromatic rings. The molecule has 0 aliphatic heterocycles. The Morgan fingerprint density at radius 2 is 0.541 bits per heavy atom. The van der Waals surface area contributed by atoms with Crippen molar-refractivity contribution in [2.24, 2.45) is 25.6 Å². The maximum absolute atomic E-state index is 17.1. The number of carbonyl (C=O) groups excluding carboxylic acids is 5. The molecule has 0 aliphatic carbocycles. The molecule has 0 fully saturated rings. The van der Waals surface area contributed by atoms with Gasteiger partial charge in [0.1, 0.15) is 110 Å². The van der Waals surface area contributed by atoms with E-state index in [4.69, 9.17) is 45.2 Å². The zero-order chi connectivity index (χ0) is 83.9. The van der Waals surface area contributed by atoms with Gasteiger partial charge in [-0.1, -0.05) is 109 Å². The van der Waals surface area contributed by atoms with E-state index in [9.17, 15) is 26.2 Å². The van der Waals surface area contributed by atoms with Crippen LogP contribution in [0.4, 0.5) is 113 Å². The third kappa shape index (κ3) is 17.0. The molecule has 0 saturated carbocycles. The average molecular weight is 1590 g/mol. The first-order valence-electron chi connectivity index (χ1n) is 31.7. The highest BCUT2D eigenvalue weighted by molar-refractivity contribution is 5.96.